The Morgan fingerprint density at radius 3 is 2.83 bits per heavy atom. The molecule has 2 aromatic heterocycles. The molecule has 3 aromatic rings. The smallest absolute Gasteiger partial charge is 0.350 e. The van der Waals surface area contributed by atoms with Crippen LogP contribution >= 0.6 is 0 Å². The number of ether oxygens (including phenoxy) is 1. The van der Waals surface area contributed by atoms with Crippen molar-refractivity contribution in [1.29, 1.82) is 0 Å². The molecule has 1 aliphatic heterocycles. The topological polar surface area (TPSA) is 80.9 Å². The van der Waals surface area contributed by atoms with E-state index in [1.807, 2.05) is 44.2 Å². The summed E-state index contributed by atoms with van der Waals surface area (Å²) in [5.74, 6) is -0.119. The summed E-state index contributed by atoms with van der Waals surface area (Å²) in [6, 6.07) is 9.82. The molecule has 1 saturated heterocycles. The Labute approximate surface area is 169 Å². The van der Waals surface area contributed by atoms with Crippen molar-refractivity contribution in [2.24, 2.45) is 5.92 Å². The number of pyridine rings is 1. The van der Waals surface area contributed by atoms with Gasteiger partial charge in [0.2, 0.25) is 5.91 Å². The summed E-state index contributed by atoms with van der Waals surface area (Å²) in [5, 5.41) is 8.43. The Hall–Kier alpha value is -2.71. The third-order valence-electron chi connectivity index (χ3n) is 5.45. The molecular formula is C21H27N5O3. The molecule has 29 heavy (non-hydrogen) atoms. The summed E-state index contributed by atoms with van der Waals surface area (Å²) in [4.78, 5) is 27.6. The monoisotopic (exact) mass is 397 g/mol. The number of aromatic nitrogens is 3. The molecule has 1 atom stereocenters. The number of amides is 1. The molecule has 154 valence electrons. The fourth-order valence-electron chi connectivity index (χ4n) is 3.85. The van der Waals surface area contributed by atoms with E-state index in [9.17, 15) is 9.59 Å². The minimum absolute atomic E-state index is 0.00469. The molecule has 0 bridgehead atoms. The van der Waals surface area contributed by atoms with Crippen LogP contribution in [0.15, 0.2) is 35.1 Å². The minimum atomic E-state index is -0.185. The van der Waals surface area contributed by atoms with Crippen LogP contribution in [0.1, 0.15) is 12.5 Å². The first-order valence-corrected chi connectivity index (χ1v) is 10.1. The number of nitrogens with zero attached hydrogens (tertiary/aromatic N) is 4. The van der Waals surface area contributed by atoms with Crippen molar-refractivity contribution in [3.8, 4) is 0 Å². The van der Waals surface area contributed by atoms with Gasteiger partial charge in [0, 0.05) is 32.1 Å². The fourth-order valence-corrected chi connectivity index (χ4v) is 3.85. The van der Waals surface area contributed by atoms with Crippen LogP contribution < -0.4 is 11.0 Å². The number of hydrogen-bond donors (Lipinski definition) is 1. The zero-order valence-corrected chi connectivity index (χ0v) is 16.9. The summed E-state index contributed by atoms with van der Waals surface area (Å²) in [6.45, 7) is 8.47. The molecule has 1 aliphatic rings. The molecule has 0 saturated carbocycles. The van der Waals surface area contributed by atoms with Gasteiger partial charge >= 0.3 is 5.69 Å². The first-order chi connectivity index (χ1) is 14.0. The number of carbonyl (C=O) groups excluding carboxylic acids is 1. The maximum atomic E-state index is 12.9. The van der Waals surface area contributed by atoms with E-state index in [1.54, 1.807) is 4.40 Å². The molecule has 1 aromatic carbocycles. The maximum absolute atomic E-state index is 12.9. The highest BCUT2D eigenvalue weighted by atomic mass is 16.5. The lowest BCUT2D eigenvalue weighted by Crippen LogP contribution is -2.43. The Morgan fingerprint density at radius 2 is 2.03 bits per heavy atom. The van der Waals surface area contributed by atoms with Gasteiger partial charge in [0.05, 0.1) is 25.3 Å². The standard InChI is InChI=1S/C21H27N5O3/c1-15-13-17-5-3-4-6-18(17)26-19(15)23-25(21(26)28)8-7-22-20(27)16(2)14-24-9-11-29-12-10-24/h3-6,13,16H,7-12,14H2,1-2H3,(H,22,27)/t16-/m1/s1. The largest absolute Gasteiger partial charge is 0.379 e. The molecule has 4 rings (SSSR count). The van der Waals surface area contributed by atoms with E-state index in [-0.39, 0.29) is 17.5 Å². The molecule has 1 amide bonds. The van der Waals surface area contributed by atoms with Crippen LogP contribution in [0.4, 0.5) is 0 Å². The number of fused-ring (bicyclic) bond motifs is 3. The Kier molecular flexibility index (Phi) is 5.64. The van der Waals surface area contributed by atoms with Gasteiger partial charge in [-0.05, 0) is 30.0 Å². The van der Waals surface area contributed by atoms with E-state index in [4.69, 9.17) is 4.74 Å². The maximum Gasteiger partial charge on any atom is 0.350 e. The van der Waals surface area contributed by atoms with E-state index in [0.29, 0.717) is 25.3 Å². The van der Waals surface area contributed by atoms with Crippen molar-refractivity contribution in [3.63, 3.8) is 0 Å². The van der Waals surface area contributed by atoms with Crippen molar-refractivity contribution >= 4 is 22.5 Å². The minimum Gasteiger partial charge on any atom is -0.379 e. The predicted molar refractivity (Wildman–Crippen MR) is 111 cm³/mol. The number of para-hydroxylation sites is 1. The molecule has 0 aliphatic carbocycles. The molecule has 8 heteroatoms. The van der Waals surface area contributed by atoms with Gasteiger partial charge in [0.1, 0.15) is 0 Å². The summed E-state index contributed by atoms with van der Waals surface area (Å²) < 4.78 is 8.42. The van der Waals surface area contributed by atoms with Crippen molar-refractivity contribution in [1.82, 2.24) is 24.4 Å². The van der Waals surface area contributed by atoms with Gasteiger partial charge in [-0.2, -0.15) is 0 Å². The molecule has 1 fully saturated rings. The summed E-state index contributed by atoms with van der Waals surface area (Å²) in [6.07, 6.45) is 0. The van der Waals surface area contributed by atoms with E-state index in [1.165, 1.54) is 4.68 Å². The van der Waals surface area contributed by atoms with Crippen LogP contribution in [0.2, 0.25) is 0 Å². The van der Waals surface area contributed by atoms with Gasteiger partial charge in [-0.1, -0.05) is 25.1 Å². The average molecular weight is 397 g/mol. The van der Waals surface area contributed by atoms with Crippen LogP contribution in [0.3, 0.4) is 0 Å². The molecule has 0 unspecified atom stereocenters. The number of carbonyl (C=O) groups is 1. The van der Waals surface area contributed by atoms with Gasteiger partial charge < -0.3 is 10.1 Å². The Bertz CT molecular complexity index is 1080. The molecule has 8 nitrogen and oxygen atoms in total. The molecule has 3 heterocycles. The fraction of sp³-hybridized carbons (Fsp3) is 0.476. The van der Waals surface area contributed by atoms with Crippen molar-refractivity contribution < 1.29 is 9.53 Å². The third-order valence-corrected chi connectivity index (χ3v) is 5.45. The van der Waals surface area contributed by atoms with Crippen molar-refractivity contribution in [2.75, 3.05) is 39.4 Å². The number of aryl methyl sites for hydroxylation is 1. The highest BCUT2D eigenvalue weighted by Crippen LogP contribution is 2.17. The zero-order valence-electron chi connectivity index (χ0n) is 16.9. The summed E-state index contributed by atoms with van der Waals surface area (Å²) >= 11 is 0. The molecule has 0 radical (unpaired) electrons. The van der Waals surface area contributed by atoms with Crippen LogP contribution in [0.25, 0.3) is 16.6 Å². The van der Waals surface area contributed by atoms with Crippen LogP contribution in [-0.4, -0.2) is 64.4 Å². The van der Waals surface area contributed by atoms with Gasteiger partial charge in [-0.3, -0.25) is 9.69 Å². The second kappa shape index (κ2) is 8.34. The number of nitrogens with one attached hydrogen (secondary N) is 1. The second-order valence-electron chi connectivity index (χ2n) is 7.66. The lowest BCUT2D eigenvalue weighted by molar-refractivity contribution is -0.125. The normalized spacial score (nSPS) is 16.3. The molecule has 1 N–H and O–H groups in total. The predicted octanol–water partition coefficient (Wildman–Crippen LogP) is 1.04. The third kappa shape index (κ3) is 4.04. The summed E-state index contributed by atoms with van der Waals surface area (Å²) in [5.41, 5.74) is 2.26. The van der Waals surface area contributed by atoms with Gasteiger partial charge in [0.15, 0.2) is 5.65 Å². The lowest BCUT2D eigenvalue weighted by atomic mass is 10.1. The highest BCUT2D eigenvalue weighted by molar-refractivity contribution is 5.83. The number of morpholine rings is 1. The highest BCUT2D eigenvalue weighted by Gasteiger charge is 2.19. The van der Waals surface area contributed by atoms with E-state index < -0.39 is 0 Å². The van der Waals surface area contributed by atoms with Gasteiger partial charge in [0.25, 0.3) is 0 Å². The first kappa shape index (κ1) is 19.6. The first-order valence-electron chi connectivity index (χ1n) is 10.1. The van der Waals surface area contributed by atoms with Gasteiger partial charge in [-0.25, -0.2) is 13.9 Å². The van der Waals surface area contributed by atoms with E-state index in [0.717, 1.165) is 42.8 Å². The second-order valence-corrected chi connectivity index (χ2v) is 7.66. The number of rotatable bonds is 6. The van der Waals surface area contributed by atoms with Crippen LogP contribution in [-0.2, 0) is 16.1 Å². The van der Waals surface area contributed by atoms with E-state index in [2.05, 4.69) is 15.3 Å². The number of hydrogen-bond acceptors (Lipinski definition) is 5. The van der Waals surface area contributed by atoms with Crippen molar-refractivity contribution in [3.05, 3.63) is 46.4 Å². The molecular weight excluding hydrogens is 370 g/mol. The van der Waals surface area contributed by atoms with Gasteiger partial charge in [-0.15, -0.1) is 5.10 Å². The number of benzene rings is 1. The average Bonchev–Trinajstić information content (AvgIpc) is 3.06. The van der Waals surface area contributed by atoms with Crippen LogP contribution in [0, 0.1) is 12.8 Å². The van der Waals surface area contributed by atoms with Crippen molar-refractivity contribution in [2.45, 2.75) is 20.4 Å². The summed E-state index contributed by atoms with van der Waals surface area (Å²) in [7, 11) is 0. The lowest BCUT2D eigenvalue weighted by Gasteiger charge is -2.28. The van der Waals surface area contributed by atoms with E-state index >= 15 is 0 Å². The SMILES string of the molecule is Cc1cc2ccccc2n2c(=O)n(CCNC(=O)[C@H](C)CN3CCOCC3)nc12. The Balaban J connectivity index is 1.43. The zero-order chi connectivity index (χ0) is 20.4. The molecule has 0 spiro atoms. The quantitative estimate of drug-likeness (QED) is 0.672. The Morgan fingerprint density at radius 1 is 1.28 bits per heavy atom. The van der Waals surface area contributed by atoms with Crippen LogP contribution in [0.5, 0.6) is 0 Å².